The number of hydrogen-bond acceptors (Lipinski definition) is 4. The normalized spacial score (nSPS) is 10.5. The van der Waals surface area contributed by atoms with Crippen LogP contribution in [-0.4, -0.2) is 26.1 Å². The Kier molecular flexibility index (Phi) is 4.82. The summed E-state index contributed by atoms with van der Waals surface area (Å²) >= 11 is 6.76. The first-order valence-corrected chi connectivity index (χ1v) is 8.29. The number of tetrazole rings is 1. The quantitative estimate of drug-likeness (QED) is 0.681. The highest BCUT2D eigenvalue weighted by Crippen LogP contribution is 2.15. The molecule has 0 bridgehead atoms. The van der Waals surface area contributed by atoms with Crippen LogP contribution >= 0.6 is 31.9 Å². The molecule has 0 fully saturated rings. The average molecular weight is 437 g/mol. The standard InChI is InChI=1S/C15H11Br2N5O/c16-11-6-4-10(5-7-11)15(23)18-9-14-19-20-21-22(14)13-3-1-2-12(17)8-13/h1-8H,9H2,(H,18,23). The van der Waals surface area contributed by atoms with Crippen molar-refractivity contribution in [3.05, 3.63) is 68.9 Å². The molecule has 0 aliphatic rings. The molecule has 1 amide bonds. The first kappa shape index (κ1) is 15.8. The smallest absolute Gasteiger partial charge is 0.251 e. The Bertz CT molecular complexity index is 832. The Morgan fingerprint density at radius 2 is 1.87 bits per heavy atom. The molecule has 0 aliphatic heterocycles. The van der Waals surface area contributed by atoms with Gasteiger partial charge < -0.3 is 5.32 Å². The largest absolute Gasteiger partial charge is 0.345 e. The van der Waals surface area contributed by atoms with E-state index in [0.717, 1.165) is 14.6 Å². The zero-order valence-electron chi connectivity index (χ0n) is 11.8. The predicted octanol–water partition coefficient (Wildman–Crippen LogP) is 3.12. The Morgan fingerprint density at radius 3 is 2.61 bits per heavy atom. The van der Waals surface area contributed by atoms with Gasteiger partial charge in [0, 0.05) is 14.5 Å². The van der Waals surface area contributed by atoms with Crippen molar-refractivity contribution in [3.63, 3.8) is 0 Å². The van der Waals surface area contributed by atoms with Crippen LogP contribution in [0.3, 0.4) is 0 Å². The maximum Gasteiger partial charge on any atom is 0.251 e. The fourth-order valence-electron chi connectivity index (χ4n) is 1.99. The fourth-order valence-corrected chi connectivity index (χ4v) is 2.64. The molecule has 3 aromatic rings. The summed E-state index contributed by atoms with van der Waals surface area (Å²) in [6, 6.07) is 14.7. The third-order valence-corrected chi connectivity index (χ3v) is 4.12. The van der Waals surface area contributed by atoms with Crippen molar-refractivity contribution in [2.24, 2.45) is 0 Å². The van der Waals surface area contributed by atoms with Crippen molar-refractivity contribution in [2.45, 2.75) is 6.54 Å². The van der Waals surface area contributed by atoms with E-state index in [0.29, 0.717) is 11.4 Å². The van der Waals surface area contributed by atoms with E-state index < -0.39 is 0 Å². The van der Waals surface area contributed by atoms with Crippen LogP contribution in [0.5, 0.6) is 0 Å². The van der Waals surface area contributed by atoms with Crippen LogP contribution in [0, 0.1) is 0 Å². The van der Waals surface area contributed by atoms with Crippen molar-refractivity contribution in [2.75, 3.05) is 0 Å². The first-order chi connectivity index (χ1) is 11.1. The number of aromatic nitrogens is 4. The average Bonchev–Trinajstić information content (AvgIpc) is 3.02. The molecule has 1 heterocycles. The number of hydrogen-bond donors (Lipinski definition) is 1. The molecule has 0 saturated carbocycles. The van der Waals surface area contributed by atoms with Crippen LogP contribution in [0.1, 0.15) is 16.2 Å². The molecule has 3 rings (SSSR count). The predicted molar refractivity (Wildman–Crippen MR) is 92.2 cm³/mol. The van der Waals surface area contributed by atoms with Gasteiger partial charge in [-0.2, -0.15) is 4.68 Å². The summed E-state index contributed by atoms with van der Waals surface area (Å²) in [5.74, 6) is 0.370. The second-order valence-electron chi connectivity index (χ2n) is 4.68. The minimum absolute atomic E-state index is 0.179. The Morgan fingerprint density at radius 1 is 1.09 bits per heavy atom. The third-order valence-electron chi connectivity index (χ3n) is 3.10. The summed E-state index contributed by atoms with van der Waals surface area (Å²) in [5, 5.41) is 14.4. The number of carbonyl (C=O) groups excluding carboxylic acids is 1. The van der Waals surface area contributed by atoms with Gasteiger partial charge in [-0.25, -0.2) is 0 Å². The van der Waals surface area contributed by atoms with E-state index >= 15 is 0 Å². The lowest BCUT2D eigenvalue weighted by atomic mass is 10.2. The molecule has 0 saturated heterocycles. The van der Waals surface area contributed by atoms with Crippen molar-refractivity contribution in [1.29, 1.82) is 0 Å². The monoisotopic (exact) mass is 435 g/mol. The Balaban J connectivity index is 1.73. The van der Waals surface area contributed by atoms with E-state index in [1.54, 1.807) is 16.8 Å². The van der Waals surface area contributed by atoms with Crippen LogP contribution in [0.15, 0.2) is 57.5 Å². The second kappa shape index (κ2) is 7.01. The lowest BCUT2D eigenvalue weighted by Crippen LogP contribution is -2.24. The van der Waals surface area contributed by atoms with Crippen molar-refractivity contribution < 1.29 is 4.79 Å². The number of halogens is 2. The molecule has 116 valence electrons. The minimum atomic E-state index is -0.179. The van der Waals surface area contributed by atoms with Crippen LogP contribution in [0.25, 0.3) is 5.69 Å². The van der Waals surface area contributed by atoms with Gasteiger partial charge in [0.15, 0.2) is 5.82 Å². The van der Waals surface area contributed by atoms with E-state index in [4.69, 9.17) is 0 Å². The maximum atomic E-state index is 12.1. The summed E-state index contributed by atoms with van der Waals surface area (Å²) in [7, 11) is 0. The van der Waals surface area contributed by atoms with Crippen LogP contribution in [0.4, 0.5) is 0 Å². The lowest BCUT2D eigenvalue weighted by molar-refractivity contribution is 0.0949. The SMILES string of the molecule is O=C(NCc1nnnn1-c1cccc(Br)c1)c1ccc(Br)cc1. The Hall–Kier alpha value is -2.06. The fraction of sp³-hybridized carbons (Fsp3) is 0.0667. The number of rotatable bonds is 4. The van der Waals surface area contributed by atoms with Crippen molar-refractivity contribution in [3.8, 4) is 5.69 Å². The molecule has 1 N–H and O–H groups in total. The molecule has 1 aromatic heterocycles. The molecular formula is C15H11Br2N5O. The topological polar surface area (TPSA) is 72.7 Å². The number of amides is 1. The van der Waals surface area contributed by atoms with Crippen LogP contribution in [-0.2, 0) is 6.54 Å². The molecule has 8 heteroatoms. The minimum Gasteiger partial charge on any atom is -0.345 e. The van der Waals surface area contributed by atoms with Gasteiger partial charge in [0.05, 0.1) is 12.2 Å². The van der Waals surface area contributed by atoms with E-state index in [-0.39, 0.29) is 12.5 Å². The summed E-state index contributed by atoms with van der Waals surface area (Å²) in [5.41, 5.74) is 1.40. The van der Waals surface area contributed by atoms with Gasteiger partial charge in [0.25, 0.3) is 5.91 Å². The van der Waals surface area contributed by atoms with Gasteiger partial charge in [-0.1, -0.05) is 37.9 Å². The number of nitrogens with zero attached hydrogens (tertiary/aromatic N) is 4. The molecule has 0 unspecified atom stereocenters. The number of nitrogens with one attached hydrogen (secondary N) is 1. The molecule has 2 aromatic carbocycles. The van der Waals surface area contributed by atoms with Gasteiger partial charge in [0.2, 0.25) is 0 Å². The molecule has 0 aliphatic carbocycles. The zero-order valence-corrected chi connectivity index (χ0v) is 15.0. The van der Waals surface area contributed by atoms with Crippen molar-refractivity contribution >= 4 is 37.8 Å². The summed E-state index contributed by atoms with van der Waals surface area (Å²) in [6.07, 6.45) is 0. The van der Waals surface area contributed by atoms with E-state index in [1.807, 2.05) is 36.4 Å². The lowest BCUT2D eigenvalue weighted by Gasteiger charge is -2.07. The maximum absolute atomic E-state index is 12.1. The van der Waals surface area contributed by atoms with Gasteiger partial charge in [-0.3, -0.25) is 4.79 Å². The van der Waals surface area contributed by atoms with Crippen molar-refractivity contribution in [1.82, 2.24) is 25.5 Å². The van der Waals surface area contributed by atoms with E-state index in [9.17, 15) is 4.79 Å². The van der Waals surface area contributed by atoms with E-state index in [1.165, 1.54) is 0 Å². The summed E-state index contributed by atoms with van der Waals surface area (Å²) in [6.45, 7) is 0.231. The van der Waals surface area contributed by atoms with Gasteiger partial charge in [-0.05, 0) is 52.9 Å². The van der Waals surface area contributed by atoms with Gasteiger partial charge in [-0.15, -0.1) is 5.10 Å². The second-order valence-corrected chi connectivity index (χ2v) is 6.51. The highest BCUT2D eigenvalue weighted by atomic mass is 79.9. The van der Waals surface area contributed by atoms with Crippen LogP contribution < -0.4 is 5.32 Å². The summed E-state index contributed by atoms with van der Waals surface area (Å²) in [4.78, 5) is 12.1. The van der Waals surface area contributed by atoms with Gasteiger partial charge >= 0.3 is 0 Å². The number of benzene rings is 2. The highest BCUT2D eigenvalue weighted by molar-refractivity contribution is 9.10. The third kappa shape index (κ3) is 3.83. The zero-order chi connectivity index (χ0) is 16.2. The molecular weight excluding hydrogens is 426 g/mol. The highest BCUT2D eigenvalue weighted by Gasteiger charge is 2.11. The molecule has 6 nitrogen and oxygen atoms in total. The summed E-state index contributed by atoms with van der Waals surface area (Å²) < 4.78 is 3.44. The van der Waals surface area contributed by atoms with Crippen LogP contribution in [0.2, 0.25) is 0 Å². The molecule has 23 heavy (non-hydrogen) atoms. The number of carbonyl (C=O) groups is 1. The first-order valence-electron chi connectivity index (χ1n) is 6.70. The van der Waals surface area contributed by atoms with E-state index in [2.05, 4.69) is 52.7 Å². The Labute approximate surface area is 149 Å². The van der Waals surface area contributed by atoms with Gasteiger partial charge in [0.1, 0.15) is 0 Å². The molecule has 0 radical (unpaired) electrons. The molecule has 0 atom stereocenters. The molecule has 0 spiro atoms.